The molecule has 1 saturated heterocycles. The molecule has 1 fully saturated rings. The third-order valence-electron chi connectivity index (χ3n) is 3.10. The van der Waals surface area contributed by atoms with E-state index in [9.17, 15) is 8.42 Å². The second kappa shape index (κ2) is 5.05. The van der Waals surface area contributed by atoms with Crippen molar-refractivity contribution in [2.24, 2.45) is 5.41 Å². The van der Waals surface area contributed by atoms with E-state index in [4.69, 9.17) is 0 Å². The van der Waals surface area contributed by atoms with Gasteiger partial charge in [-0.2, -0.15) is 0 Å². The summed E-state index contributed by atoms with van der Waals surface area (Å²) >= 11 is 0. The van der Waals surface area contributed by atoms with Crippen molar-refractivity contribution >= 4 is 9.84 Å². The lowest BCUT2D eigenvalue weighted by Gasteiger charge is -2.30. The molecule has 3 nitrogen and oxygen atoms in total. The van der Waals surface area contributed by atoms with Gasteiger partial charge in [0.05, 0.1) is 5.75 Å². The van der Waals surface area contributed by atoms with Crippen LogP contribution in [0.1, 0.15) is 40.0 Å². The highest BCUT2D eigenvalue weighted by Gasteiger charge is 2.28. The van der Waals surface area contributed by atoms with Crippen LogP contribution in [0.3, 0.4) is 0 Å². The Labute approximate surface area is 100 Å². The van der Waals surface area contributed by atoms with E-state index in [-0.39, 0.29) is 0 Å². The molecule has 0 aromatic carbocycles. The summed E-state index contributed by atoms with van der Waals surface area (Å²) in [5.74, 6) is 0.299. The van der Waals surface area contributed by atoms with Crippen LogP contribution < -0.4 is 0 Å². The van der Waals surface area contributed by atoms with Crippen LogP contribution in [0.5, 0.6) is 0 Å². The summed E-state index contributed by atoms with van der Waals surface area (Å²) in [7, 11) is -2.82. The van der Waals surface area contributed by atoms with Crippen LogP contribution in [-0.2, 0) is 9.84 Å². The molecule has 0 aromatic rings. The zero-order valence-corrected chi connectivity index (χ0v) is 11.8. The minimum Gasteiger partial charge on any atom is -0.299 e. The number of hydrogen-bond donors (Lipinski definition) is 0. The maximum Gasteiger partial charge on any atom is 0.148 e. The number of likely N-dealkylation sites (tertiary alicyclic amines) is 1. The van der Waals surface area contributed by atoms with Gasteiger partial charge in [0.25, 0.3) is 0 Å². The van der Waals surface area contributed by atoms with Gasteiger partial charge in [-0.05, 0) is 31.2 Å². The minimum absolute atomic E-state index is 0.299. The summed E-state index contributed by atoms with van der Waals surface area (Å²) in [5.41, 5.74) is 0.332. The predicted octanol–water partition coefficient (Wildman–Crippen LogP) is 1.93. The van der Waals surface area contributed by atoms with Crippen molar-refractivity contribution < 1.29 is 8.42 Å². The zero-order valence-electron chi connectivity index (χ0n) is 11.0. The van der Waals surface area contributed by atoms with Gasteiger partial charge in [-0.25, -0.2) is 8.42 Å². The van der Waals surface area contributed by atoms with Gasteiger partial charge >= 0.3 is 0 Å². The molecule has 0 radical (unpaired) electrons. The Bertz CT molecular complexity index is 316. The Hall–Kier alpha value is -0.0900. The average molecular weight is 247 g/mol. The first-order valence-corrected chi connectivity index (χ1v) is 8.15. The lowest BCUT2D eigenvalue weighted by molar-refractivity contribution is 0.200. The monoisotopic (exact) mass is 247 g/mol. The molecule has 16 heavy (non-hydrogen) atoms. The summed E-state index contributed by atoms with van der Waals surface area (Å²) in [6.07, 6.45) is 4.92. The molecule has 1 heterocycles. The molecule has 0 aromatic heterocycles. The Morgan fingerprint density at radius 3 is 2.44 bits per heavy atom. The van der Waals surface area contributed by atoms with Crippen molar-refractivity contribution in [3.05, 3.63) is 0 Å². The van der Waals surface area contributed by atoms with E-state index in [1.54, 1.807) is 0 Å². The molecule has 1 aliphatic rings. The average Bonchev–Trinajstić information content (AvgIpc) is 2.44. The summed E-state index contributed by atoms with van der Waals surface area (Å²) in [6, 6.07) is 0.585. The fourth-order valence-electron chi connectivity index (χ4n) is 2.41. The van der Waals surface area contributed by atoms with Gasteiger partial charge in [0.15, 0.2) is 0 Å². The standard InChI is InChI=1S/C12H25NO2S/c1-12(2,3)10-11-6-5-7-13(11)8-9-16(4,14)15/h11H,5-10H2,1-4H3. The molecule has 0 saturated carbocycles. The van der Waals surface area contributed by atoms with E-state index >= 15 is 0 Å². The van der Waals surface area contributed by atoms with Gasteiger partial charge in [0, 0.05) is 18.8 Å². The smallest absolute Gasteiger partial charge is 0.148 e. The summed E-state index contributed by atoms with van der Waals surface area (Å²) in [4.78, 5) is 2.35. The molecular weight excluding hydrogens is 222 g/mol. The van der Waals surface area contributed by atoms with Gasteiger partial charge in [-0.1, -0.05) is 20.8 Å². The largest absolute Gasteiger partial charge is 0.299 e. The van der Waals surface area contributed by atoms with Crippen molar-refractivity contribution in [2.45, 2.75) is 46.1 Å². The summed E-state index contributed by atoms with van der Waals surface area (Å²) in [6.45, 7) is 8.52. The summed E-state index contributed by atoms with van der Waals surface area (Å²) in [5, 5.41) is 0. The van der Waals surface area contributed by atoms with Crippen LogP contribution in [0.25, 0.3) is 0 Å². The van der Waals surface area contributed by atoms with E-state index < -0.39 is 9.84 Å². The Balaban J connectivity index is 2.47. The van der Waals surface area contributed by atoms with Crippen LogP contribution in [0.2, 0.25) is 0 Å². The fourth-order valence-corrected chi connectivity index (χ4v) is 2.98. The molecule has 0 N–H and O–H groups in total. The Morgan fingerprint density at radius 2 is 1.94 bits per heavy atom. The van der Waals surface area contributed by atoms with Gasteiger partial charge in [0.1, 0.15) is 9.84 Å². The first-order chi connectivity index (χ1) is 7.17. The first-order valence-electron chi connectivity index (χ1n) is 6.09. The molecule has 96 valence electrons. The predicted molar refractivity (Wildman–Crippen MR) is 68.4 cm³/mol. The molecule has 0 amide bonds. The maximum atomic E-state index is 11.2. The SMILES string of the molecule is CC(C)(C)CC1CCCN1CCS(C)(=O)=O. The summed E-state index contributed by atoms with van der Waals surface area (Å²) < 4.78 is 22.3. The van der Waals surface area contributed by atoms with Crippen molar-refractivity contribution in [1.29, 1.82) is 0 Å². The first kappa shape index (κ1) is 14.0. The second-order valence-corrected chi connectivity index (χ2v) is 8.49. The molecule has 1 aliphatic heterocycles. The van der Waals surface area contributed by atoms with Crippen LogP contribution >= 0.6 is 0 Å². The lowest BCUT2D eigenvalue weighted by atomic mass is 9.87. The van der Waals surface area contributed by atoms with E-state index in [1.165, 1.54) is 19.1 Å². The zero-order chi connectivity index (χ0) is 12.4. The van der Waals surface area contributed by atoms with Crippen molar-refractivity contribution in [1.82, 2.24) is 4.90 Å². The third kappa shape index (κ3) is 5.30. The molecular formula is C12H25NO2S. The van der Waals surface area contributed by atoms with Crippen LogP contribution in [0, 0.1) is 5.41 Å². The molecule has 0 bridgehead atoms. The normalized spacial score (nSPS) is 23.9. The van der Waals surface area contributed by atoms with Gasteiger partial charge < -0.3 is 0 Å². The van der Waals surface area contributed by atoms with E-state index in [0.717, 1.165) is 13.0 Å². The topological polar surface area (TPSA) is 37.4 Å². The van der Waals surface area contributed by atoms with Crippen molar-refractivity contribution in [3.63, 3.8) is 0 Å². The Kier molecular flexibility index (Phi) is 4.41. The minimum atomic E-state index is -2.82. The molecule has 0 spiro atoms. The van der Waals surface area contributed by atoms with Crippen LogP contribution in [0.4, 0.5) is 0 Å². The highest BCUT2D eigenvalue weighted by atomic mass is 32.2. The van der Waals surface area contributed by atoms with E-state index in [0.29, 0.717) is 23.8 Å². The third-order valence-corrected chi connectivity index (χ3v) is 4.02. The van der Waals surface area contributed by atoms with Crippen molar-refractivity contribution in [2.75, 3.05) is 25.1 Å². The quantitative estimate of drug-likeness (QED) is 0.762. The molecule has 4 heteroatoms. The van der Waals surface area contributed by atoms with E-state index in [2.05, 4.69) is 25.7 Å². The highest BCUT2D eigenvalue weighted by molar-refractivity contribution is 7.90. The molecule has 1 unspecified atom stereocenters. The molecule has 1 atom stereocenters. The highest BCUT2D eigenvalue weighted by Crippen LogP contribution is 2.29. The molecule has 0 aliphatic carbocycles. The number of hydrogen-bond acceptors (Lipinski definition) is 3. The lowest BCUT2D eigenvalue weighted by Crippen LogP contribution is -2.35. The van der Waals surface area contributed by atoms with Crippen LogP contribution in [0.15, 0.2) is 0 Å². The number of rotatable bonds is 4. The van der Waals surface area contributed by atoms with Crippen molar-refractivity contribution in [3.8, 4) is 0 Å². The van der Waals surface area contributed by atoms with Gasteiger partial charge in [-0.3, -0.25) is 4.90 Å². The number of nitrogens with zero attached hydrogens (tertiary/aromatic N) is 1. The van der Waals surface area contributed by atoms with E-state index in [1.807, 2.05) is 0 Å². The van der Waals surface area contributed by atoms with Crippen LogP contribution in [-0.4, -0.2) is 44.5 Å². The second-order valence-electron chi connectivity index (χ2n) is 6.23. The molecule has 1 rings (SSSR count). The Morgan fingerprint density at radius 1 is 1.31 bits per heavy atom. The van der Waals surface area contributed by atoms with Gasteiger partial charge in [0.2, 0.25) is 0 Å². The number of sulfone groups is 1. The van der Waals surface area contributed by atoms with Gasteiger partial charge in [-0.15, -0.1) is 0 Å². The maximum absolute atomic E-state index is 11.2. The fraction of sp³-hybridized carbons (Fsp3) is 1.00.